The predicted octanol–water partition coefficient (Wildman–Crippen LogP) is 4.72. The van der Waals surface area contributed by atoms with E-state index in [4.69, 9.17) is 0 Å². The average molecular weight is 253 g/mol. The molecule has 1 saturated carbocycles. The van der Waals surface area contributed by atoms with E-state index in [2.05, 4.69) is 35.5 Å². The van der Waals surface area contributed by atoms with Gasteiger partial charge in [0.15, 0.2) is 0 Å². The second-order valence-corrected chi connectivity index (χ2v) is 8.21. The summed E-state index contributed by atoms with van der Waals surface area (Å²) in [6.07, 6.45) is 10.9. The third-order valence-electron chi connectivity index (χ3n) is 3.88. The van der Waals surface area contributed by atoms with Crippen molar-refractivity contribution in [3.63, 3.8) is 0 Å². The highest BCUT2D eigenvalue weighted by atomic mass is 32.3. The smallest absolute Gasteiger partial charge is 0.00210 e. The van der Waals surface area contributed by atoms with E-state index in [0.717, 1.165) is 12.5 Å². The van der Waals surface area contributed by atoms with Crippen molar-refractivity contribution < 1.29 is 0 Å². The van der Waals surface area contributed by atoms with E-state index in [-0.39, 0.29) is 0 Å². The summed E-state index contributed by atoms with van der Waals surface area (Å²) in [6, 6.07) is 0. The largest absolute Gasteiger partial charge is 0.274 e. The molecule has 0 aromatic rings. The Morgan fingerprint density at radius 1 is 1.24 bits per heavy atom. The molecule has 1 aliphatic carbocycles. The van der Waals surface area contributed by atoms with Gasteiger partial charge in [-0.1, -0.05) is 39.2 Å². The zero-order chi connectivity index (χ0) is 12.1. The zero-order valence-electron chi connectivity index (χ0n) is 11.4. The molecule has 2 heteroatoms. The summed E-state index contributed by atoms with van der Waals surface area (Å²) in [7, 11) is -0.752. The number of rotatable bonds is 5. The van der Waals surface area contributed by atoms with E-state index in [1.54, 1.807) is 5.57 Å². The molecule has 1 nitrogen and oxygen atoms in total. The summed E-state index contributed by atoms with van der Waals surface area (Å²) >= 11 is 0. The molecule has 0 spiro atoms. The fourth-order valence-electron chi connectivity index (χ4n) is 3.09. The quantitative estimate of drug-likeness (QED) is 0.747. The van der Waals surface area contributed by atoms with Crippen LogP contribution in [0.15, 0.2) is 22.5 Å². The molecule has 1 unspecified atom stereocenters. The van der Waals surface area contributed by atoms with E-state index in [1.807, 2.05) is 0 Å². The first-order valence-electron chi connectivity index (χ1n) is 7.25. The summed E-state index contributed by atoms with van der Waals surface area (Å²) < 4.78 is 3.75. The third-order valence-corrected chi connectivity index (χ3v) is 7.11. The van der Waals surface area contributed by atoms with Crippen molar-refractivity contribution in [3.05, 3.63) is 22.5 Å². The fraction of sp³-hybridized carbons (Fsp3) is 0.733. The van der Waals surface area contributed by atoms with Gasteiger partial charge < -0.3 is 0 Å². The monoisotopic (exact) mass is 253 g/mol. The normalized spacial score (nSPS) is 33.4. The topological polar surface area (TPSA) is 12.0 Å². The van der Waals surface area contributed by atoms with Crippen LogP contribution in [0.25, 0.3) is 0 Å². The lowest BCUT2D eigenvalue weighted by Gasteiger charge is -2.32. The second kappa shape index (κ2) is 6.10. The maximum Gasteiger partial charge on any atom is 0.00210 e. The molecule has 0 bridgehead atoms. The molecule has 1 aliphatic heterocycles. The minimum atomic E-state index is -0.752. The second-order valence-electron chi connectivity index (χ2n) is 5.31. The first kappa shape index (κ1) is 13.2. The summed E-state index contributed by atoms with van der Waals surface area (Å²) in [6.45, 7) is 5.62. The Morgan fingerprint density at radius 3 is 2.65 bits per heavy atom. The van der Waals surface area contributed by atoms with Gasteiger partial charge in [0.25, 0.3) is 0 Å². The van der Waals surface area contributed by atoms with Gasteiger partial charge in [0.1, 0.15) is 0 Å². The Morgan fingerprint density at radius 2 is 2.00 bits per heavy atom. The number of hydrogen-bond donors (Lipinski definition) is 1. The molecule has 98 valence electrons. The summed E-state index contributed by atoms with van der Waals surface area (Å²) in [4.78, 5) is 0. The third kappa shape index (κ3) is 3.17. The fourth-order valence-corrected chi connectivity index (χ4v) is 6.11. The molecule has 2 rings (SSSR count). The highest BCUT2D eigenvalue weighted by Crippen LogP contribution is 2.54. The minimum Gasteiger partial charge on any atom is -0.274 e. The van der Waals surface area contributed by atoms with Crippen molar-refractivity contribution in [2.24, 2.45) is 5.92 Å². The maximum atomic E-state index is 3.75. The molecule has 0 saturated heterocycles. The first-order chi connectivity index (χ1) is 8.29. The number of hydrogen-bond acceptors (Lipinski definition) is 1. The number of allylic oxidation sites excluding steroid dienone is 2. The SMILES string of the molecule is CCCS1(NCC)C=CC(C2CCCCC2)=C1. The molecular formula is C15H27NS. The molecule has 2 aliphatic rings. The Hall–Kier alpha value is -0.210. The van der Waals surface area contributed by atoms with Gasteiger partial charge in [-0.2, -0.15) is 0 Å². The van der Waals surface area contributed by atoms with Crippen molar-refractivity contribution in [1.29, 1.82) is 0 Å². The molecule has 1 N–H and O–H groups in total. The van der Waals surface area contributed by atoms with Crippen LogP contribution in [-0.2, 0) is 0 Å². The molecule has 17 heavy (non-hydrogen) atoms. The van der Waals surface area contributed by atoms with E-state index < -0.39 is 10.2 Å². The van der Waals surface area contributed by atoms with Crippen LogP contribution in [-0.4, -0.2) is 12.3 Å². The standard InChI is InChI=1S/C15H27NS/c1-3-11-17(16-4-2)12-10-15(13-17)14-8-6-5-7-9-14/h10,12-14,16H,3-9,11H2,1-2H3. The zero-order valence-corrected chi connectivity index (χ0v) is 12.2. The van der Waals surface area contributed by atoms with Crippen LogP contribution in [0.2, 0.25) is 0 Å². The van der Waals surface area contributed by atoms with Gasteiger partial charge in [-0.3, -0.25) is 4.72 Å². The molecule has 0 aromatic carbocycles. The Kier molecular flexibility index (Phi) is 4.75. The molecule has 1 heterocycles. The Balaban J connectivity index is 2.07. The summed E-state index contributed by atoms with van der Waals surface area (Å²) in [5, 5.41) is 5.10. The van der Waals surface area contributed by atoms with E-state index in [9.17, 15) is 0 Å². The van der Waals surface area contributed by atoms with Crippen molar-refractivity contribution in [3.8, 4) is 0 Å². The van der Waals surface area contributed by atoms with Gasteiger partial charge in [-0.05, 0) is 47.3 Å². The van der Waals surface area contributed by atoms with Gasteiger partial charge in [-0.15, -0.1) is 10.2 Å². The lowest BCUT2D eigenvalue weighted by Crippen LogP contribution is -2.18. The Bertz CT molecular complexity index is 294. The van der Waals surface area contributed by atoms with Gasteiger partial charge in [0.2, 0.25) is 0 Å². The van der Waals surface area contributed by atoms with Gasteiger partial charge in [0.05, 0.1) is 0 Å². The van der Waals surface area contributed by atoms with Gasteiger partial charge >= 0.3 is 0 Å². The maximum absolute atomic E-state index is 3.75. The van der Waals surface area contributed by atoms with Gasteiger partial charge in [0, 0.05) is 6.54 Å². The predicted molar refractivity (Wildman–Crippen MR) is 80.2 cm³/mol. The highest BCUT2D eigenvalue weighted by molar-refractivity contribution is 8.37. The van der Waals surface area contributed by atoms with E-state index >= 15 is 0 Å². The average Bonchev–Trinajstić information content (AvgIpc) is 2.76. The van der Waals surface area contributed by atoms with Crippen molar-refractivity contribution in [2.75, 3.05) is 12.3 Å². The van der Waals surface area contributed by atoms with E-state index in [1.165, 1.54) is 44.3 Å². The summed E-state index contributed by atoms with van der Waals surface area (Å²) in [5.41, 5.74) is 1.65. The van der Waals surface area contributed by atoms with Crippen LogP contribution in [0.4, 0.5) is 0 Å². The lowest BCUT2D eigenvalue weighted by molar-refractivity contribution is 0.409. The van der Waals surface area contributed by atoms with Crippen LogP contribution in [0.1, 0.15) is 52.4 Å². The first-order valence-corrected chi connectivity index (χ1v) is 9.18. The van der Waals surface area contributed by atoms with Crippen LogP contribution >= 0.6 is 10.2 Å². The molecule has 1 atom stereocenters. The van der Waals surface area contributed by atoms with Crippen molar-refractivity contribution in [2.45, 2.75) is 52.4 Å². The highest BCUT2D eigenvalue weighted by Gasteiger charge is 2.25. The molecule has 1 fully saturated rings. The number of nitrogens with one attached hydrogen (secondary N) is 1. The van der Waals surface area contributed by atoms with Gasteiger partial charge in [-0.25, -0.2) is 0 Å². The minimum absolute atomic E-state index is 0.752. The molecule has 0 aromatic heterocycles. The van der Waals surface area contributed by atoms with Crippen LogP contribution in [0.3, 0.4) is 0 Å². The van der Waals surface area contributed by atoms with Crippen molar-refractivity contribution in [1.82, 2.24) is 4.72 Å². The van der Waals surface area contributed by atoms with Crippen LogP contribution < -0.4 is 4.72 Å². The Labute approximate surface area is 108 Å². The summed E-state index contributed by atoms with van der Waals surface area (Å²) in [5.74, 6) is 2.18. The van der Waals surface area contributed by atoms with E-state index in [0.29, 0.717) is 0 Å². The molecule has 0 amide bonds. The van der Waals surface area contributed by atoms with Crippen LogP contribution in [0.5, 0.6) is 0 Å². The van der Waals surface area contributed by atoms with Crippen LogP contribution in [0, 0.1) is 5.92 Å². The molecule has 0 radical (unpaired) electrons. The lowest BCUT2D eigenvalue weighted by atomic mass is 9.84. The molecular weight excluding hydrogens is 226 g/mol. The van der Waals surface area contributed by atoms with Crippen molar-refractivity contribution >= 4 is 10.2 Å².